The van der Waals surface area contributed by atoms with Gasteiger partial charge in [-0.1, -0.05) is 41.6 Å². The maximum atomic E-state index is 13.8. The summed E-state index contributed by atoms with van der Waals surface area (Å²) in [6, 6.07) is 2.34. The number of thioether (sulfide) groups is 1. The molecule has 1 aliphatic rings. The molecule has 1 amide bonds. The van der Waals surface area contributed by atoms with Crippen molar-refractivity contribution in [2.24, 2.45) is 0 Å². The number of carbonyl (C=O) groups excluding carboxylic acids is 1. The van der Waals surface area contributed by atoms with Crippen LogP contribution in [0.2, 0.25) is 5.02 Å². The van der Waals surface area contributed by atoms with E-state index in [-0.39, 0.29) is 19.8 Å². The third-order valence-electron chi connectivity index (χ3n) is 3.06. The Hall–Kier alpha value is -1.97. The number of benzene rings is 1. The summed E-state index contributed by atoms with van der Waals surface area (Å²) in [5.74, 6) is -4.36. The Labute approximate surface area is 149 Å². The monoisotopic (exact) mass is 389 g/mol. The lowest BCUT2D eigenvalue weighted by Crippen LogP contribution is -2.45. The van der Waals surface area contributed by atoms with Crippen LogP contribution in [0, 0.1) is 5.82 Å². The minimum absolute atomic E-state index is 0.0372. The van der Waals surface area contributed by atoms with Gasteiger partial charge in [0.25, 0.3) is 5.91 Å². The molecule has 1 aromatic carbocycles. The van der Waals surface area contributed by atoms with Gasteiger partial charge >= 0.3 is 11.9 Å². The fourth-order valence-corrected chi connectivity index (χ4v) is 3.54. The van der Waals surface area contributed by atoms with Crippen molar-refractivity contribution in [2.45, 2.75) is 12.5 Å². The topological polar surface area (TPSA) is 94.9 Å². The molecule has 0 radical (unpaired) electrons. The van der Waals surface area contributed by atoms with Crippen LogP contribution in [0.3, 0.4) is 0 Å². The molecule has 6 nitrogen and oxygen atoms in total. The van der Waals surface area contributed by atoms with Crippen LogP contribution in [-0.4, -0.2) is 43.3 Å². The normalized spacial score (nSPS) is 17.4. The van der Waals surface area contributed by atoms with E-state index < -0.39 is 36.1 Å². The second-order valence-electron chi connectivity index (χ2n) is 4.64. The number of amides is 1. The molecule has 0 spiro atoms. The number of hydrogen-bond donors (Lipinski definition) is 2. The summed E-state index contributed by atoms with van der Waals surface area (Å²) in [6.45, 7) is 0. The highest BCUT2D eigenvalue weighted by molar-refractivity contribution is 8.26. The highest BCUT2D eigenvalue weighted by Gasteiger charge is 2.41. The SMILES string of the molecule is O=C(O)CC(C(=O)O)N1C(=O)/C(=C/c2c(F)cccc2Cl)SC1=S. The zero-order chi connectivity index (χ0) is 18.0. The smallest absolute Gasteiger partial charge is 0.327 e. The molecule has 1 fully saturated rings. The maximum absolute atomic E-state index is 13.8. The summed E-state index contributed by atoms with van der Waals surface area (Å²) in [6.07, 6.45) is 0.353. The van der Waals surface area contributed by atoms with E-state index in [4.69, 9.17) is 34.0 Å². The number of carboxylic acids is 2. The van der Waals surface area contributed by atoms with Gasteiger partial charge in [-0.15, -0.1) is 0 Å². The highest BCUT2D eigenvalue weighted by atomic mass is 35.5. The van der Waals surface area contributed by atoms with Crippen molar-refractivity contribution in [3.05, 3.63) is 39.5 Å². The zero-order valence-electron chi connectivity index (χ0n) is 11.7. The Kier molecular flexibility index (Phi) is 5.58. The molecule has 0 bridgehead atoms. The van der Waals surface area contributed by atoms with Crippen LogP contribution in [-0.2, 0) is 14.4 Å². The van der Waals surface area contributed by atoms with Gasteiger partial charge in [-0.2, -0.15) is 0 Å². The van der Waals surface area contributed by atoms with Gasteiger partial charge in [-0.3, -0.25) is 14.5 Å². The standard InChI is InChI=1S/C14H9ClFNO5S2/c15-7-2-1-3-8(16)6(7)4-10-12(20)17(14(23)24-10)9(13(21)22)5-11(18)19/h1-4,9H,5H2,(H,18,19)(H,21,22)/b10-4-. The average Bonchev–Trinajstić information content (AvgIpc) is 2.75. The Balaban J connectivity index is 2.39. The predicted molar refractivity (Wildman–Crippen MR) is 90.1 cm³/mol. The Bertz CT molecular complexity index is 762. The molecule has 1 aliphatic heterocycles. The average molecular weight is 390 g/mol. The van der Waals surface area contributed by atoms with Crippen LogP contribution in [0.1, 0.15) is 12.0 Å². The van der Waals surface area contributed by atoms with Crippen molar-refractivity contribution in [3.8, 4) is 0 Å². The first kappa shape index (κ1) is 18.4. The lowest BCUT2D eigenvalue weighted by Gasteiger charge is -2.21. The molecule has 2 N–H and O–H groups in total. The minimum Gasteiger partial charge on any atom is -0.481 e. The van der Waals surface area contributed by atoms with Gasteiger partial charge in [0.15, 0.2) is 0 Å². The van der Waals surface area contributed by atoms with E-state index in [1.165, 1.54) is 12.1 Å². The number of rotatable bonds is 5. The van der Waals surface area contributed by atoms with E-state index >= 15 is 0 Å². The first-order valence-corrected chi connectivity index (χ1v) is 7.98. The lowest BCUT2D eigenvalue weighted by atomic mass is 10.1. The minimum atomic E-state index is -1.64. The van der Waals surface area contributed by atoms with Crippen LogP contribution < -0.4 is 0 Å². The third kappa shape index (κ3) is 3.74. The van der Waals surface area contributed by atoms with E-state index in [2.05, 4.69) is 0 Å². The van der Waals surface area contributed by atoms with Gasteiger partial charge in [0.1, 0.15) is 16.2 Å². The molecule has 0 aromatic heterocycles. The van der Waals surface area contributed by atoms with Crippen molar-refractivity contribution < 1.29 is 29.0 Å². The molecule has 2 rings (SSSR count). The molecule has 0 aliphatic carbocycles. The second-order valence-corrected chi connectivity index (χ2v) is 6.72. The zero-order valence-corrected chi connectivity index (χ0v) is 14.1. The van der Waals surface area contributed by atoms with Gasteiger partial charge in [0.2, 0.25) is 0 Å². The number of nitrogens with zero attached hydrogens (tertiary/aromatic N) is 1. The van der Waals surface area contributed by atoms with E-state index in [1.54, 1.807) is 0 Å². The summed E-state index contributed by atoms with van der Waals surface area (Å²) in [5, 5.41) is 18.0. The lowest BCUT2D eigenvalue weighted by molar-refractivity contribution is -0.150. The number of carbonyl (C=O) groups is 3. The fraction of sp³-hybridized carbons (Fsp3) is 0.143. The molecule has 1 heterocycles. The molecular formula is C14H9ClFNO5S2. The Morgan fingerprint density at radius 2 is 2.08 bits per heavy atom. The van der Waals surface area contributed by atoms with E-state index in [9.17, 15) is 18.8 Å². The van der Waals surface area contributed by atoms with Crippen LogP contribution in [0.5, 0.6) is 0 Å². The van der Waals surface area contributed by atoms with Gasteiger partial charge in [-0.05, 0) is 18.2 Å². The van der Waals surface area contributed by atoms with Crippen LogP contribution in [0.25, 0.3) is 6.08 Å². The van der Waals surface area contributed by atoms with Crippen LogP contribution in [0.4, 0.5) is 4.39 Å². The van der Waals surface area contributed by atoms with Gasteiger partial charge in [0.05, 0.1) is 16.3 Å². The van der Waals surface area contributed by atoms with E-state index in [1.807, 2.05) is 0 Å². The molecule has 0 saturated carbocycles. The number of halogens is 2. The first-order valence-electron chi connectivity index (χ1n) is 6.38. The van der Waals surface area contributed by atoms with Crippen LogP contribution >= 0.6 is 35.6 Å². The van der Waals surface area contributed by atoms with E-state index in [0.29, 0.717) is 4.90 Å². The third-order valence-corrected chi connectivity index (χ3v) is 4.72. The Morgan fingerprint density at radius 3 is 2.62 bits per heavy atom. The number of hydrogen-bond acceptors (Lipinski definition) is 5. The molecule has 1 atom stereocenters. The summed E-state index contributed by atoms with van der Waals surface area (Å²) >= 11 is 11.6. The molecule has 1 saturated heterocycles. The van der Waals surface area contributed by atoms with Crippen molar-refractivity contribution in [1.29, 1.82) is 0 Å². The molecule has 1 aromatic rings. The maximum Gasteiger partial charge on any atom is 0.327 e. The quantitative estimate of drug-likeness (QED) is 0.590. The molecular weight excluding hydrogens is 381 g/mol. The van der Waals surface area contributed by atoms with Gasteiger partial charge < -0.3 is 10.2 Å². The molecule has 10 heteroatoms. The Morgan fingerprint density at radius 1 is 1.42 bits per heavy atom. The van der Waals surface area contributed by atoms with Crippen molar-refractivity contribution in [3.63, 3.8) is 0 Å². The van der Waals surface area contributed by atoms with Gasteiger partial charge in [-0.25, -0.2) is 9.18 Å². The van der Waals surface area contributed by atoms with Gasteiger partial charge in [0, 0.05) is 5.56 Å². The fourth-order valence-electron chi connectivity index (χ4n) is 1.98. The first-order chi connectivity index (χ1) is 11.2. The summed E-state index contributed by atoms with van der Waals surface area (Å²) in [5.41, 5.74) is -0.0372. The molecule has 126 valence electrons. The van der Waals surface area contributed by atoms with Crippen molar-refractivity contribution in [2.75, 3.05) is 0 Å². The second kappa shape index (κ2) is 7.29. The van der Waals surface area contributed by atoms with Crippen molar-refractivity contribution in [1.82, 2.24) is 4.90 Å². The van der Waals surface area contributed by atoms with Crippen molar-refractivity contribution >= 4 is 63.8 Å². The van der Waals surface area contributed by atoms with Crippen LogP contribution in [0.15, 0.2) is 23.1 Å². The van der Waals surface area contributed by atoms with E-state index in [0.717, 1.165) is 23.9 Å². The molecule has 1 unspecified atom stereocenters. The predicted octanol–water partition coefficient (Wildman–Crippen LogP) is 2.61. The number of thiocarbonyl (C=S) groups is 1. The summed E-state index contributed by atoms with van der Waals surface area (Å²) in [7, 11) is 0. The summed E-state index contributed by atoms with van der Waals surface area (Å²) < 4.78 is 13.7. The summed E-state index contributed by atoms with van der Waals surface area (Å²) in [4.78, 5) is 35.1. The number of carboxylic acid groups (broad SMARTS) is 2. The molecule has 24 heavy (non-hydrogen) atoms. The number of aliphatic carboxylic acids is 2. The highest BCUT2D eigenvalue weighted by Crippen LogP contribution is 2.36. The largest absolute Gasteiger partial charge is 0.481 e.